The van der Waals surface area contributed by atoms with Gasteiger partial charge in [-0.1, -0.05) is 29.5 Å². The van der Waals surface area contributed by atoms with E-state index >= 15 is 0 Å². The molecule has 1 aliphatic rings. The Morgan fingerprint density at radius 2 is 1.90 bits per heavy atom. The number of carbonyl (C=O) groups excluding carboxylic acids is 1. The smallest absolute Gasteiger partial charge is 0.229 e. The fraction of sp³-hybridized carbons (Fsp3) is 0.300. The van der Waals surface area contributed by atoms with Crippen molar-refractivity contribution in [2.24, 2.45) is 0 Å². The van der Waals surface area contributed by atoms with Gasteiger partial charge in [0.2, 0.25) is 11.0 Å². The molecule has 0 bridgehead atoms. The van der Waals surface area contributed by atoms with Gasteiger partial charge in [-0.05, 0) is 24.3 Å². The number of nitrogens with one attached hydrogen (secondary N) is 1. The van der Waals surface area contributed by atoms with Crippen molar-refractivity contribution in [3.63, 3.8) is 0 Å². The van der Waals surface area contributed by atoms with Crippen molar-refractivity contribution in [3.05, 3.63) is 53.7 Å². The number of hydrogen-bond donors (Lipinski definition) is 1. The summed E-state index contributed by atoms with van der Waals surface area (Å²) in [6.45, 7) is 2.92. The van der Waals surface area contributed by atoms with E-state index in [2.05, 4.69) is 25.4 Å². The van der Waals surface area contributed by atoms with Crippen LogP contribution in [0.1, 0.15) is 5.01 Å². The average Bonchev–Trinajstić information content (AvgIpc) is 3.21. The van der Waals surface area contributed by atoms with E-state index in [4.69, 9.17) is 4.74 Å². The van der Waals surface area contributed by atoms with Gasteiger partial charge in [-0.25, -0.2) is 4.98 Å². The Morgan fingerprint density at radius 3 is 2.66 bits per heavy atom. The number of hydrogen-bond acceptors (Lipinski definition) is 8. The second-order valence-electron chi connectivity index (χ2n) is 6.56. The first-order valence-electron chi connectivity index (χ1n) is 9.39. The maximum absolute atomic E-state index is 12.7. The van der Waals surface area contributed by atoms with E-state index in [9.17, 15) is 4.79 Å². The first-order valence-corrected chi connectivity index (χ1v) is 10.2. The Kier molecular flexibility index (Phi) is 5.85. The van der Waals surface area contributed by atoms with Crippen LogP contribution in [-0.4, -0.2) is 59.3 Å². The number of rotatable bonds is 6. The molecule has 3 heterocycles. The number of anilines is 3. The highest BCUT2D eigenvalue weighted by molar-refractivity contribution is 7.15. The van der Waals surface area contributed by atoms with Crippen molar-refractivity contribution in [3.8, 4) is 5.75 Å². The van der Waals surface area contributed by atoms with Gasteiger partial charge in [-0.2, -0.15) is 0 Å². The number of ether oxygens (including phenoxy) is 1. The summed E-state index contributed by atoms with van der Waals surface area (Å²) in [4.78, 5) is 21.1. The van der Waals surface area contributed by atoms with Gasteiger partial charge in [-0.15, -0.1) is 10.2 Å². The Labute approximate surface area is 173 Å². The highest BCUT2D eigenvalue weighted by Gasteiger charge is 2.23. The third-order valence-electron chi connectivity index (χ3n) is 4.72. The maximum Gasteiger partial charge on any atom is 0.229 e. The van der Waals surface area contributed by atoms with Crippen LogP contribution in [0.3, 0.4) is 0 Å². The van der Waals surface area contributed by atoms with Crippen molar-refractivity contribution in [1.82, 2.24) is 20.1 Å². The summed E-state index contributed by atoms with van der Waals surface area (Å²) >= 11 is 1.38. The van der Waals surface area contributed by atoms with Gasteiger partial charge < -0.3 is 19.9 Å². The lowest BCUT2D eigenvalue weighted by Gasteiger charge is -2.35. The number of pyridine rings is 1. The molecule has 8 nitrogen and oxygen atoms in total. The molecule has 150 valence electrons. The van der Waals surface area contributed by atoms with E-state index in [1.54, 1.807) is 13.3 Å². The molecule has 1 saturated heterocycles. The van der Waals surface area contributed by atoms with Gasteiger partial charge in [0, 0.05) is 32.4 Å². The third-order valence-corrected chi connectivity index (χ3v) is 5.56. The van der Waals surface area contributed by atoms with Crippen LogP contribution in [0.2, 0.25) is 0 Å². The molecular weight excluding hydrogens is 388 g/mol. The molecule has 0 radical (unpaired) electrons. The van der Waals surface area contributed by atoms with Gasteiger partial charge >= 0.3 is 0 Å². The summed E-state index contributed by atoms with van der Waals surface area (Å²) in [7, 11) is 1.62. The molecule has 3 aromatic rings. The van der Waals surface area contributed by atoms with E-state index in [0.29, 0.717) is 23.2 Å². The van der Waals surface area contributed by atoms with E-state index < -0.39 is 0 Å². The van der Waals surface area contributed by atoms with Crippen molar-refractivity contribution >= 4 is 33.9 Å². The molecule has 4 rings (SSSR count). The average molecular weight is 411 g/mol. The van der Waals surface area contributed by atoms with Crippen LogP contribution in [0.5, 0.6) is 5.75 Å². The van der Waals surface area contributed by atoms with E-state index in [1.165, 1.54) is 11.3 Å². The normalized spacial score (nSPS) is 14.0. The molecule has 29 heavy (non-hydrogen) atoms. The minimum atomic E-state index is 0.0747. The SMILES string of the molecule is COc1ccccc1Nc1nnc(CC(=O)N2CCN(c3ccccn3)CC2)s1. The summed E-state index contributed by atoms with van der Waals surface area (Å²) in [5.74, 6) is 1.76. The molecule has 9 heteroatoms. The molecule has 1 fully saturated rings. The Balaban J connectivity index is 1.32. The minimum absolute atomic E-state index is 0.0747. The van der Waals surface area contributed by atoms with Crippen LogP contribution in [0.15, 0.2) is 48.7 Å². The number of benzene rings is 1. The molecule has 0 unspecified atom stereocenters. The maximum atomic E-state index is 12.7. The molecule has 1 aliphatic heterocycles. The van der Waals surface area contributed by atoms with Crippen molar-refractivity contribution in [2.75, 3.05) is 43.5 Å². The van der Waals surface area contributed by atoms with Gasteiger partial charge in [0.1, 0.15) is 16.6 Å². The number of amides is 1. The van der Waals surface area contributed by atoms with E-state index in [1.807, 2.05) is 47.4 Å². The predicted molar refractivity (Wildman–Crippen MR) is 113 cm³/mol. The quantitative estimate of drug-likeness (QED) is 0.669. The lowest BCUT2D eigenvalue weighted by atomic mass is 10.2. The minimum Gasteiger partial charge on any atom is -0.495 e. The zero-order valence-electron chi connectivity index (χ0n) is 16.1. The molecule has 2 aromatic heterocycles. The van der Waals surface area contributed by atoms with Crippen molar-refractivity contribution in [1.29, 1.82) is 0 Å². The predicted octanol–water partition coefficient (Wildman–Crippen LogP) is 2.58. The summed E-state index contributed by atoms with van der Waals surface area (Å²) < 4.78 is 5.33. The first kappa shape index (κ1) is 19.1. The van der Waals surface area contributed by atoms with Crippen LogP contribution >= 0.6 is 11.3 Å². The number of carbonyl (C=O) groups is 1. The van der Waals surface area contributed by atoms with Crippen LogP contribution < -0.4 is 15.0 Å². The standard InChI is InChI=1S/C20H22N6O2S/c1-28-16-7-3-2-6-15(16)22-20-24-23-18(29-20)14-19(27)26-12-10-25(11-13-26)17-8-4-5-9-21-17/h2-9H,10-14H2,1H3,(H,22,24). The van der Waals surface area contributed by atoms with Gasteiger partial charge in [0.25, 0.3) is 0 Å². The van der Waals surface area contributed by atoms with Crippen molar-refractivity contribution in [2.45, 2.75) is 6.42 Å². The summed E-state index contributed by atoms with van der Waals surface area (Å²) in [5.41, 5.74) is 0.815. The topological polar surface area (TPSA) is 83.5 Å². The number of methoxy groups -OCH3 is 1. The zero-order valence-corrected chi connectivity index (χ0v) is 16.9. The van der Waals surface area contributed by atoms with Gasteiger partial charge in [0.15, 0.2) is 0 Å². The van der Waals surface area contributed by atoms with Crippen LogP contribution in [0.4, 0.5) is 16.6 Å². The van der Waals surface area contributed by atoms with Crippen LogP contribution in [0, 0.1) is 0 Å². The zero-order chi connectivity index (χ0) is 20.1. The second kappa shape index (κ2) is 8.87. The summed E-state index contributed by atoms with van der Waals surface area (Å²) in [6.07, 6.45) is 2.05. The van der Waals surface area contributed by atoms with Crippen LogP contribution in [-0.2, 0) is 11.2 Å². The molecule has 0 aliphatic carbocycles. The second-order valence-corrected chi connectivity index (χ2v) is 7.62. The Bertz CT molecular complexity index is 956. The monoisotopic (exact) mass is 410 g/mol. The van der Waals surface area contributed by atoms with E-state index in [0.717, 1.165) is 30.3 Å². The number of nitrogens with zero attached hydrogens (tertiary/aromatic N) is 5. The largest absolute Gasteiger partial charge is 0.495 e. The highest BCUT2D eigenvalue weighted by Crippen LogP contribution is 2.28. The van der Waals surface area contributed by atoms with Gasteiger partial charge in [-0.3, -0.25) is 4.79 Å². The van der Waals surface area contributed by atoms with Crippen molar-refractivity contribution < 1.29 is 9.53 Å². The third kappa shape index (κ3) is 4.62. The molecule has 1 N–H and O–H groups in total. The Morgan fingerprint density at radius 1 is 1.10 bits per heavy atom. The molecule has 0 saturated carbocycles. The molecule has 0 atom stereocenters. The molecule has 1 amide bonds. The van der Waals surface area contributed by atoms with Crippen LogP contribution in [0.25, 0.3) is 0 Å². The molecular formula is C20H22N6O2S. The van der Waals surface area contributed by atoms with E-state index in [-0.39, 0.29) is 12.3 Å². The lowest BCUT2D eigenvalue weighted by molar-refractivity contribution is -0.130. The number of para-hydroxylation sites is 2. The summed E-state index contributed by atoms with van der Waals surface area (Å²) in [5, 5.41) is 12.8. The lowest BCUT2D eigenvalue weighted by Crippen LogP contribution is -2.49. The number of piperazine rings is 1. The molecule has 0 spiro atoms. The number of aromatic nitrogens is 3. The summed E-state index contributed by atoms with van der Waals surface area (Å²) in [6, 6.07) is 13.5. The fourth-order valence-corrected chi connectivity index (χ4v) is 3.95. The Hall–Kier alpha value is -3.20. The fourth-order valence-electron chi connectivity index (χ4n) is 3.21. The first-order chi connectivity index (χ1) is 14.2. The highest BCUT2D eigenvalue weighted by atomic mass is 32.1. The van der Waals surface area contributed by atoms with Gasteiger partial charge in [0.05, 0.1) is 19.2 Å². The molecule has 1 aromatic carbocycles.